The molecule has 0 radical (unpaired) electrons. The van der Waals surface area contributed by atoms with Crippen LogP contribution in [0.15, 0.2) is 29.2 Å². The second-order valence-corrected chi connectivity index (χ2v) is 7.93. The number of fused-ring (bicyclic) bond motifs is 1. The van der Waals surface area contributed by atoms with E-state index < -0.39 is 23.3 Å². The van der Waals surface area contributed by atoms with Gasteiger partial charge in [-0.1, -0.05) is 24.1 Å². The smallest absolute Gasteiger partial charge is 0.408 e. The molecular weight excluding hydrogens is 407 g/mol. The summed E-state index contributed by atoms with van der Waals surface area (Å²) in [5, 5.41) is 3.12. The fourth-order valence-corrected chi connectivity index (χ4v) is 4.01. The normalized spacial score (nSPS) is 18.1. The van der Waals surface area contributed by atoms with Gasteiger partial charge in [0.1, 0.15) is 12.3 Å². The Kier molecular flexibility index (Phi) is 5.57. The first-order valence-electron chi connectivity index (χ1n) is 9.66. The predicted octanol–water partition coefficient (Wildman–Crippen LogP) is 4.20. The molecule has 1 aliphatic heterocycles. The van der Waals surface area contributed by atoms with Gasteiger partial charge in [0.15, 0.2) is 10.8 Å². The lowest BCUT2D eigenvalue weighted by molar-refractivity contribution is -0.143. The summed E-state index contributed by atoms with van der Waals surface area (Å²) in [6.07, 6.45) is 2.21. The molecule has 0 amide bonds. The summed E-state index contributed by atoms with van der Waals surface area (Å²) < 4.78 is 43.5. The van der Waals surface area contributed by atoms with Crippen molar-refractivity contribution in [1.82, 2.24) is 14.7 Å². The molecule has 1 saturated carbocycles. The summed E-state index contributed by atoms with van der Waals surface area (Å²) in [7, 11) is 0. The molecule has 2 aliphatic rings. The Labute approximate surface area is 171 Å². The fraction of sp³-hybridized carbons (Fsp3) is 0.500. The number of ether oxygens (including phenoxy) is 1. The van der Waals surface area contributed by atoms with Crippen molar-refractivity contribution in [2.45, 2.75) is 50.9 Å². The van der Waals surface area contributed by atoms with E-state index in [1.54, 1.807) is 6.07 Å². The lowest BCUT2D eigenvalue weighted by atomic mass is 9.91. The van der Waals surface area contributed by atoms with Crippen LogP contribution >= 0.6 is 11.6 Å². The highest BCUT2D eigenvalue weighted by Gasteiger charge is 2.30. The molecule has 0 atom stereocenters. The Morgan fingerprint density at radius 3 is 2.55 bits per heavy atom. The molecule has 0 bridgehead atoms. The van der Waals surface area contributed by atoms with Gasteiger partial charge in [-0.25, -0.2) is 4.68 Å². The second-order valence-electron chi connectivity index (χ2n) is 7.55. The maximum absolute atomic E-state index is 12.5. The molecule has 1 aromatic carbocycles. The molecule has 2 heterocycles. The third-order valence-electron chi connectivity index (χ3n) is 5.62. The summed E-state index contributed by atoms with van der Waals surface area (Å²) in [4.78, 5) is 14.6. The second kappa shape index (κ2) is 7.99. The zero-order chi connectivity index (χ0) is 20.6. The topological polar surface area (TPSA) is 47.4 Å². The molecule has 0 spiro atoms. The average Bonchev–Trinajstić information content (AvgIpc) is 2.82. The number of nitrogens with zero attached hydrogens (tertiary/aromatic N) is 3. The minimum Gasteiger partial charge on any atom is -0.454 e. The van der Waals surface area contributed by atoms with Gasteiger partial charge in [-0.2, -0.15) is 18.3 Å². The summed E-state index contributed by atoms with van der Waals surface area (Å²) in [6.45, 7) is 0.546. The SMILES string of the molecule is O=c1c(Cl)c(Oc2ccc3c(c2)CCN(C2CCC2)CC3)cnn1CC(F)(F)F. The summed E-state index contributed by atoms with van der Waals surface area (Å²) in [6, 6.07) is 6.40. The van der Waals surface area contributed by atoms with Crippen molar-refractivity contribution < 1.29 is 17.9 Å². The van der Waals surface area contributed by atoms with Gasteiger partial charge in [0.25, 0.3) is 5.56 Å². The van der Waals surface area contributed by atoms with Gasteiger partial charge in [-0.15, -0.1) is 0 Å². The number of halogens is 4. The van der Waals surface area contributed by atoms with Crippen molar-refractivity contribution in [3.8, 4) is 11.5 Å². The van der Waals surface area contributed by atoms with E-state index in [4.69, 9.17) is 16.3 Å². The number of hydrogen-bond acceptors (Lipinski definition) is 4. The van der Waals surface area contributed by atoms with Crippen LogP contribution in [0.4, 0.5) is 13.2 Å². The van der Waals surface area contributed by atoms with Crippen LogP contribution in [0.3, 0.4) is 0 Å². The maximum Gasteiger partial charge on any atom is 0.408 e. The quantitative estimate of drug-likeness (QED) is 0.733. The molecule has 4 rings (SSSR count). The van der Waals surface area contributed by atoms with Gasteiger partial charge >= 0.3 is 6.18 Å². The van der Waals surface area contributed by atoms with Gasteiger partial charge in [0.2, 0.25) is 0 Å². The van der Waals surface area contributed by atoms with Crippen molar-refractivity contribution in [3.63, 3.8) is 0 Å². The van der Waals surface area contributed by atoms with E-state index in [1.165, 1.54) is 30.4 Å². The third-order valence-corrected chi connectivity index (χ3v) is 5.96. The maximum atomic E-state index is 12.5. The van der Waals surface area contributed by atoms with Gasteiger partial charge in [0.05, 0.1) is 6.20 Å². The number of alkyl halides is 3. The molecule has 5 nitrogen and oxygen atoms in total. The largest absolute Gasteiger partial charge is 0.454 e. The minimum absolute atomic E-state index is 0.0558. The average molecular weight is 428 g/mol. The highest BCUT2D eigenvalue weighted by Crippen LogP contribution is 2.31. The Bertz CT molecular complexity index is 957. The van der Waals surface area contributed by atoms with E-state index >= 15 is 0 Å². The van der Waals surface area contributed by atoms with E-state index in [0.717, 1.165) is 32.1 Å². The lowest BCUT2D eigenvalue weighted by Gasteiger charge is -2.36. The lowest BCUT2D eigenvalue weighted by Crippen LogP contribution is -2.41. The number of hydrogen-bond donors (Lipinski definition) is 0. The van der Waals surface area contributed by atoms with Gasteiger partial charge < -0.3 is 4.74 Å². The Balaban J connectivity index is 1.50. The highest BCUT2D eigenvalue weighted by molar-refractivity contribution is 6.31. The predicted molar refractivity (Wildman–Crippen MR) is 103 cm³/mol. The Morgan fingerprint density at radius 2 is 1.90 bits per heavy atom. The molecule has 1 aliphatic carbocycles. The van der Waals surface area contributed by atoms with Crippen molar-refractivity contribution >= 4 is 11.6 Å². The monoisotopic (exact) mass is 427 g/mol. The van der Waals surface area contributed by atoms with Crippen LogP contribution in [-0.2, 0) is 19.4 Å². The molecule has 9 heteroatoms. The van der Waals surface area contributed by atoms with Crippen LogP contribution in [0.5, 0.6) is 11.5 Å². The molecule has 0 unspecified atom stereocenters. The number of aromatic nitrogens is 2. The van der Waals surface area contributed by atoms with E-state index in [-0.39, 0.29) is 10.4 Å². The first-order valence-corrected chi connectivity index (χ1v) is 10.0. The Hall–Kier alpha value is -2.06. The van der Waals surface area contributed by atoms with Gasteiger partial charge in [-0.05, 0) is 48.9 Å². The zero-order valence-electron chi connectivity index (χ0n) is 15.7. The summed E-state index contributed by atoms with van der Waals surface area (Å²) in [5.41, 5.74) is 1.41. The van der Waals surface area contributed by atoms with Crippen molar-refractivity contribution in [2.24, 2.45) is 0 Å². The molecule has 2 aromatic rings. The molecular formula is C20H21ClF3N3O2. The summed E-state index contributed by atoms with van der Waals surface area (Å²) in [5.74, 6) is 0.428. The first-order chi connectivity index (χ1) is 13.8. The van der Waals surface area contributed by atoms with Crippen LogP contribution in [0.1, 0.15) is 30.4 Å². The van der Waals surface area contributed by atoms with Gasteiger partial charge in [-0.3, -0.25) is 9.69 Å². The molecule has 29 heavy (non-hydrogen) atoms. The fourth-order valence-electron chi connectivity index (χ4n) is 3.83. The summed E-state index contributed by atoms with van der Waals surface area (Å²) >= 11 is 5.95. The molecule has 0 N–H and O–H groups in total. The highest BCUT2D eigenvalue weighted by atomic mass is 35.5. The number of rotatable bonds is 4. The zero-order valence-corrected chi connectivity index (χ0v) is 16.5. The van der Waals surface area contributed by atoms with Crippen LogP contribution < -0.4 is 10.3 Å². The van der Waals surface area contributed by atoms with Crippen LogP contribution in [0.2, 0.25) is 5.02 Å². The first kappa shape index (κ1) is 20.2. The van der Waals surface area contributed by atoms with E-state index in [9.17, 15) is 18.0 Å². The van der Waals surface area contributed by atoms with Crippen LogP contribution in [0, 0.1) is 0 Å². The van der Waals surface area contributed by atoms with E-state index in [0.29, 0.717) is 11.8 Å². The molecule has 156 valence electrons. The minimum atomic E-state index is -4.56. The number of benzene rings is 1. The molecule has 1 fully saturated rings. The third kappa shape index (κ3) is 4.59. The standard InChI is InChI=1S/C20H21ClF3N3O2/c21-18-17(11-25-27(19(18)28)12-20(22,23)24)29-16-5-4-13-6-8-26(15-2-1-3-15)9-7-14(13)10-16/h4-5,10-11,15H,1-3,6-9,12H2. The van der Waals surface area contributed by atoms with Crippen molar-refractivity contribution in [3.05, 3.63) is 50.9 Å². The Morgan fingerprint density at radius 1 is 1.17 bits per heavy atom. The molecule has 1 aromatic heterocycles. The van der Waals surface area contributed by atoms with Crippen LogP contribution in [0.25, 0.3) is 0 Å². The van der Waals surface area contributed by atoms with E-state index in [2.05, 4.69) is 10.00 Å². The molecule has 0 saturated heterocycles. The van der Waals surface area contributed by atoms with Crippen LogP contribution in [-0.4, -0.2) is 40.0 Å². The van der Waals surface area contributed by atoms with Crippen molar-refractivity contribution in [1.29, 1.82) is 0 Å². The van der Waals surface area contributed by atoms with Gasteiger partial charge in [0, 0.05) is 19.1 Å². The van der Waals surface area contributed by atoms with Crippen molar-refractivity contribution in [2.75, 3.05) is 13.1 Å². The van der Waals surface area contributed by atoms with E-state index in [1.807, 2.05) is 12.1 Å².